The third-order valence-electron chi connectivity index (χ3n) is 5.83. The van der Waals surface area contributed by atoms with Gasteiger partial charge in [0.15, 0.2) is 18.1 Å². The van der Waals surface area contributed by atoms with E-state index < -0.39 is 17.6 Å². The average Bonchev–Trinajstić information content (AvgIpc) is 3.32. The van der Waals surface area contributed by atoms with Gasteiger partial charge in [0.25, 0.3) is 5.91 Å². The molecule has 37 heavy (non-hydrogen) atoms. The minimum absolute atomic E-state index is 0.0218. The fraction of sp³-hybridized carbons (Fsp3) is 0.222. The van der Waals surface area contributed by atoms with Gasteiger partial charge in [-0.1, -0.05) is 36.4 Å². The van der Waals surface area contributed by atoms with Gasteiger partial charge < -0.3 is 19.7 Å². The van der Waals surface area contributed by atoms with Crippen LogP contribution in [-0.4, -0.2) is 38.0 Å². The van der Waals surface area contributed by atoms with Gasteiger partial charge in [-0.3, -0.25) is 25.2 Å². The second kappa shape index (κ2) is 11.9. The minimum Gasteiger partial charge on any atom is -0.493 e. The molecule has 1 heterocycles. The fourth-order valence-electron chi connectivity index (χ4n) is 3.89. The van der Waals surface area contributed by atoms with Gasteiger partial charge in [-0.25, -0.2) is 4.39 Å². The number of carbonyl (C=O) groups is 3. The van der Waals surface area contributed by atoms with E-state index in [-0.39, 0.29) is 37.1 Å². The number of hydrazine groups is 1. The van der Waals surface area contributed by atoms with Gasteiger partial charge >= 0.3 is 0 Å². The number of nitrogens with one attached hydrogen (secondary N) is 3. The molecule has 0 aliphatic carbocycles. The molecular weight excluding hydrogens is 479 g/mol. The summed E-state index contributed by atoms with van der Waals surface area (Å²) in [5.41, 5.74) is 7.28. The van der Waals surface area contributed by atoms with Crippen LogP contribution < -0.4 is 30.5 Å². The van der Waals surface area contributed by atoms with Crippen LogP contribution in [0.5, 0.6) is 11.5 Å². The first kappa shape index (κ1) is 25.5. The van der Waals surface area contributed by atoms with Gasteiger partial charge in [-0.2, -0.15) is 0 Å². The Morgan fingerprint density at radius 3 is 2.51 bits per heavy atom. The van der Waals surface area contributed by atoms with Crippen LogP contribution >= 0.6 is 0 Å². The Morgan fingerprint density at radius 2 is 1.78 bits per heavy atom. The Bertz CT molecular complexity index is 1250. The number of methoxy groups -OCH3 is 1. The number of nitrogens with zero attached hydrogens (tertiary/aromatic N) is 1. The van der Waals surface area contributed by atoms with Crippen molar-refractivity contribution in [3.63, 3.8) is 0 Å². The van der Waals surface area contributed by atoms with Crippen molar-refractivity contribution in [1.82, 2.24) is 10.7 Å². The molecule has 10 heteroatoms. The molecule has 192 valence electrons. The van der Waals surface area contributed by atoms with E-state index in [1.54, 1.807) is 18.2 Å². The van der Waals surface area contributed by atoms with Crippen molar-refractivity contribution in [3.05, 3.63) is 84.2 Å². The van der Waals surface area contributed by atoms with Crippen LogP contribution in [-0.2, 0) is 20.9 Å². The van der Waals surface area contributed by atoms with E-state index >= 15 is 0 Å². The zero-order valence-electron chi connectivity index (χ0n) is 20.2. The highest BCUT2D eigenvalue weighted by Gasteiger charge is 2.35. The molecule has 1 aliphatic rings. The fourth-order valence-corrected chi connectivity index (χ4v) is 3.89. The van der Waals surface area contributed by atoms with Gasteiger partial charge in [0, 0.05) is 25.2 Å². The third-order valence-corrected chi connectivity index (χ3v) is 5.83. The summed E-state index contributed by atoms with van der Waals surface area (Å²) in [7, 11) is 1.47. The number of carbonyl (C=O) groups excluding carboxylic acids is 3. The minimum atomic E-state index is -0.608. The number of rotatable bonds is 10. The lowest BCUT2D eigenvalue weighted by molar-refractivity contribution is -0.126. The van der Waals surface area contributed by atoms with E-state index in [1.165, 1.54) is 36.3 Å². The molecule has 0 aromatic heterocycles. The van der Waals surface area contributed by atoms with Gasteiger partial charge in [-0.15, -0.1) is 0 Å². The summed E-state index contributed by atoms with van der Waals surface area (Å²) < 4.78 is 24.3. The number of hydrogen-bond donors (Lipinski definition) is 3. The molecule has 0 bridgehead atoms. The number of anilines is 2. The standard InChI is InChI=1S/C27H27FN4O5/c1-36-23-9-5-8-22(26(23)37-17-24(33)29-15-18-6-3-2-4-7-18)30-31-27(35)19-14-25(34)32(16-19)21-12-10-20(28)11-13-21/h2-13,19,30H,14-17H2,1H3,(H,29,33)(H,31,35)/t19-/m1/s1. The number of ether oxygens (including phenoxy) is 2. The highest BCUT2D eigenvalue weighted by atomic mass is 19.1. The van der Waals surface area contributed by atoms with Crippen molar-refractivity contribution in [2.24, 2.45) is 5.92 Å². The van der Waals surface area contributed by atoms with Crippen LogP contribution in [0.4, 0.5) is 15.8 Å². The third kappa shape index (κ3) is 6.54. The van der Waals surface area contributed by atoms with Gasteiger partial charge in [0.2, 0.25) is 11.8 Å². The van der Waals surface area contributed by atoms with Crippen molar-refractivity contribution in [2.45, 2.75) is 13.0 Å². The van der Waals surface area contributed by atoms with E-state index in [0.29, 0.717) is 23.7 Å². The lowest BCUT2D eigenvalue weighted by atomic mass is 10.1. The van der Waals surface area contributed by atoms with Gasteiger partial charge in [0.1, 0.15) is 5.82 Å². The largest absolute Gasteiger partial charge is 0.493 e. The normalized spacial score (nSPS) is 14.7. The number of amides is 3. The second-order valence-corrected chi connectivity index (χ2v) is 8.38. The van der Waals surface area contributed by atoms with E-state index in [4.69, 9.17) is 9.47 Å². The van der Waals surface area contributed by atoms with Crippen LogP contribution in [0, 0.1) is 11.7 Å². The summed E-state index contributed by atoms with van der Waals surface area (Å²) in [6, 6.07) is 20.1. The van der Waals surface area contributed by atoms with Crippen molar-refractivity contribution in [1.29, 1.82) is 0 Å². The molecule has 3 aromatic carbocycles. The molecule has 1 fully saturated rings. The maximum atomic E-state index is 13.2. The van der Waals surface area contributed by atoms with Crippen LogP contribution in [0.3, 0.4) is 0 Å². The van der Waals surface area contributed by atoms with Crippen LogP contribution in [0.2, 0.25) is 0 Å². The molecule has 3 amide bonds. The number of para-hydroxylation sites is 1. The number of benzene rings is 3. The van der Waals surface area contributed by atoms with E-state index in [9.17, 15) is 18.8 Å². The molecular formula is C27H27FN4O5. The van der Waals surface area contributed by atoms with E-state index in [1.807, 2.05) is 30.3 Å². The smallest absolute Gasteiger partial charge is 0.258 e. The molecule has 9 nitrogen and oxygen atoms in total. The first-order valence-electron chi connectivity index (χ1n) is 11.7. The molecule has 0 unspecified atom stereocenters. The summed E-state index contributed by atoms with van der Waals surface area (Å²) in [6.07, 6.45) is 0.0218. The SMILES string of the molecule is COc1cccc(NNC(=O)[C@@H]2CC(=O)N(c3ccc(F)cc3)C2)c1OCC(=O)NCc1ccccc1. The quantitative estimate of drug-likeness (QED) is 0.365. The highest BCUT2D eigenvalue weighted by molar-refractivity contribution is 6.00. The molecule has 3 aromatic rings. The summed E-state index contributed by atoms with van der Waals surface area (Å²) in [5, 5.41) is 2.79. The maximum absolute atomic E-state index is 13.2. The Labute approximate surface area is 213 Å². The Kier molecular flexibility index (Phi) is 8.19. The van der Waals surface area contributed by atoms with Crippen molar-refractivity contribution in [3.8, 4) is 11.5 Å². The maximum Gasteiger partial charge on any atom is 0.258 e. The van der Waals surface area contributed by atoms with E-state index in [0.717, 1.165) is 5.56 Å². The van der Waals surface area contributed by atoms with Crippen molar-refractivity contribution >= 4 is 29.1 Å². The molecule has 1 atom stereocenters. The summed E-state index contributed by atoms with van der Waals surface area (Å²) >= 11 is 0. The summed E-state index contributed by atoms with van der Waals surface area (Å²) in [5.74, 6) is -1.34. The predicted octanol–water partition coefficient (Wildman–Crippen LogP) is 3.03. The van der Waals surface area contributed by atoms with Crippen LogP contribution in [0.15, 0.2) is 72.8 Å². The van der Waals surface area contributed by atoms with Crippen molar-refractivity contribution in [2.75, 3.05) is 30.6 Å². The molecule has 0 spiro atoms. The highest BCUT2D eigenvalue weighted by Crippen LogP contribution is 2.35. The van der Waals surface area contributed by atoms with E-state index in [2.05, 4.69) is 16.2 Å². The molecule has 1 aliphatic heterocycles. The zero-order chi connectivity index (χ0) is 26.2. The average molecular weight is 507 g/mol. The molecule has 0 saturated carbocycles. The van der Waals surface area contributed by atoms with Crippen LogP contribution in [0.1, 0.15) is 12.0 Å². The Morgan fingerprint density at radius 1 is 1.03 bits per heavy atom. The molecule has 1 saturated heterocycles. The summed E-state index contributed by atoms with van der Waals surface area (Å²) in [6.45, 7) is 0.270. The second-order valence-electron chi connectivity index (χ2n) is 8.38. The first-order valence-corrected chi connectivity index (χ1v) is 11.7. The number of halogens is 1. The molecule has 0 radical (unpaired) electrons. The topological polar surface area (TPSA) is 109 Å². The van der Waals surface area contributed by atoms with Crippen LogP contribution in [0.25, 0.3) is 0 Å². The van der Waals surface area contributed by atoms with Gasteiger partial charge in [-0.05, 0) is 42.0 Å². The number of hydrogen-bond acceptors (Lipinski definition) is 6. The monoisotopic (exact) mass is 506 g/mol. The van der Waals surface area contributed by atoms with Crippen molar-refractivity contribution < 1.29 is 28.2 Å². The predicted molar refractivity (Wildman–Crippen MR) is 135 cm³/mol. The lowest BCUT2D eigenvalue weighted by Gasteiger charge is -2.18. The lowest BCUT2D eigenvalue weighted by Crippen LogP contribution is -2.36. The zero-order valence-corrected chi connectivity index (χ0v) is 20.2. The Balaban J connectivity index is 1.34. The molecule has 3 N–H and O–H groups in total. The van der Waals surface area contributed by atoms with Gasteiger partial charge in [0.05, 0.1) is 18.7 Å². The molecule has 4 rings (SSSR count). The first-order chi connectivity index (χ1) is 17.9. The summed E-state index contributed by atoms with van der Waals surface area (Å²) in [4.78, 5) is 39.0. The Hall–Kier alpha value is -4.60.